The highest BCUT2D eigenvalue weighted by molar-refractivity contribution is 6.30. The second-order valence-corrected chi connectivity index (χ2v) is 11.9. The molecule has 3 aromatic rings. The van der Waals surface area contributed by atoms with E-state index in [2.05, 4.69) is 18.7 Å². The minimum atomic E-state index is -0.0909. The van der Waals surface area contributed by atoms with Gasteiger partial charge in [-0.05, 0) is 49.7 Å². The minimum absolute atomic E-state index is 0.0828. The molecule has 222 valence electrons. The predicted molar refractivity (Wildman–Crippen MR) is 170 cm³/mol. The smallest absolute Gasteiger partial charge is 0.266 e. The van der Waals surface area contributed by atoms with Gasteiger partial charge >= 0.3 is 0 Å². The molecule has 2 heterocycles. The number of hydrogen-bond acceptors (Lipinski definition) is 4. The van der Waals surface area contributed by atoms with Gasteiger partial charge in [0.1, 0.15) is 5.82 Å². The number of amides is 1. The first kappa shape index (κ1) is 31.2. The Balaban J connectivity index is 1.28. The van der Waals surface area contributed by atoms with E-state index in [4.69, 9.17) is 16.6 Å². The normalized spacial score (nSPS) is 15.0. The van der Waals surface area contributed by atoms with Gasteiger partial charge in [0.25, 0.3) is 5.56 Å². The Bertz CT molecular complexity index is 1300. The van der Waals surface area contributed by atoms with Crippen molar-refractivity contribution in [3.05, 3.63) is 69.7 Å². The highest BCUT2D eigenvalue weighted by Crippen LogP contribution is 2.25. The highest BCUT2D eigenvalue weighted by atomic mass is 35.5. The second kappa shape index (κ2) is 16.1. The van der Waals surface area contributed by atoms with E-state index in [1.807, 2.05) is 41.3 Å². The van der Waals surface area contributed by atoms with E-state index in [9.17, 15) is 9.59 Å². The zero-order chi connectivity index (χ0) is 29.0. The van der Waals surface area contributed by atoms with Crippen LogP contribution in [0.3, 0.4) is 0 Å². The number of hydrogen-bond donors (Lipinski definition) is 0. The number of halogens is 1. The number of piperazine rings is 1. The zero-order valence-electron chi connectivity index (χ0n) is 25.0. The molecule has 0 spiro atoms. The van der Waals surface area contributed by atoms with Crippen molar-refractivity contribution in [3.8, 4) is 5.69 Å². The molecule has 1 aromatic heterocycles. The van der Waals surface area contributed by atoms with Gasteiger partial charge in [-0.3, -0.25) is 19.1 Å². The molecule has 0 radical (unpaired) electrons. The third-order valence-electron chi connectivity index (χ3n) is 8.47. The van der Waals surface area contributed by atoms with Crippen molar-refractivity contribution in [2.75, 3.05) is 26.2 Å². The molecule has 0 saturated carbocycles. The van der Waals surface area contributed by atoms with Gasteiger partial charge in [0.15, 0.2) is 0 Å². The molecule has 0 N–H and O–H groups in total. The minimum Gasteiger partial charge on any atom is -0.340 e. The van der Waals surface area contributed by atoms with Crippen LogP contribution in [0.1, 0.15) is 103 Å². The van der Waals surface area contributed by atoms with E-state index >= 15 is 0 Å². The largest absolute Gasteiger partial charge is 0.340 e. The summed E-state index contributed by atoms with van der Waals surface area (Å²) in [7, 11) is 0. The SMILES string of the molecule is CCCCCCCCCCCCCC(=O)N1CCN(C(C)c2nc3ccccc3c(=O)n2-c2ccc(Cl)cc2)CC1. The predicted octanol–water partition coefficient (Wildman–Crippen LogP) is 7.95. The third kappa shape index (κ3) is 8.65. The van der Waals surface area contributed by atoms with Crippen molar-refractivity contribution in [2.45, 2.75) is 96.9 Å². The molecule has 7 heteroatoms. The van der Waals surface area contributed by atoms with E-state index in [-0.39, 0.29) is 17.5 Å². The zero-order valence-corrected chi connectivity index (χ0v) is 25.7. The first-order valence-corrected chi connectivity index (χ1v) is 16.2. The Kier molecular flexibility index (Phi) is 12.2. The van der Waals surface area contributed by atoms with Crippen LogP contribution in [0.15, 0.2) is 53.3 Å². The lowest BCUT2D eigenvalue weighted by Crippen LogP contribution is -2.49. The lowest BCUT2D eigenvalue weighted by molar-refractivity contribution is -0.133. The summed E-state index contributed by atoms with van der Waals surface area (Å²) < 4.78 is 1.72. The third-order valence-corrected chi connectivity index (χ3v) is 8.72. The molecule has 6 nitrogen and oxygen atoms in total. The number of para-hydroxylation sites is 1. The van der Waals surface area contributed by atoms with Gasteiger partial charge in [0.05, 0.1) is 22.6 Å². The molecular formula is C34H47ClN4O2. The van der Waals surface area contributed by atoms with Crippen LogP contribution >= 0.6 is 11.6 Å². The molecule has 1 atom stereocenters. The highest BCUT2D eigenvalue weighted by Gasteiger charge is 2.28. The molecule has 4 rings (SSSR count). The fraction of sp³-hybridized carbons (Fsp3) is 0.559. The molecule has 1 aliphatic rings. The lowest BCUT2D eigenvalue weighted by atomic mass is 10.0. The van der Waals surface area contributed by atoms with E-state index < -0.39 is 0 Å². The van der Waals surface area contributed by atoms with Crippen LogP contribution in [0, 0.1) is 0 Å². The summed E-state index contributed by atoms with van der Waals surface area (Å²) in [6, 6.07) is 14.7. The van der Waals surface area contributed by atoms with Gasteiger partial charge in [0, 0.05) is 37.6 Å². The van der Waals surface area contributed by atoms with Gasteiger partial charge in [-0.1, -0.05) is 94.9 Å². The van der Waals surface area contributed by atoms with Crippen LogP contribution in [0.5, 0.6) is 0 Å². The fourth-order valence-electron chi connectivity index (χ4n) is 5.89. The second-order valence-electron chi connectivity index (χ2n) is 11.5. The van der Waals surface area contributed by atoms with Crippen molar-refractivity contribution in [1.29, 1.82) is 0 Å². The van der Waals surface area contributed by atoms with E-state index in [0.29, 0.717) is 41.3 Å². The average molecular weight is 579 g/mol. The molecule has 1 unspecified atom stereocenters. The molecule has 2 aromatic carbocycles. The van der Waals surface area contributed by atoms with Gasteiger partial charge in [-0.2, -0.15) is 0 Å². The first-order chi connectivity index (χ1) is 20.0. The van der Waals surface area contributed by atoms with Crippen molar-refractivity contribution < 1.29 is 4.79 Å². The number of benzene rings is 2. The fourth-order valence-corrected chi connectivity index (χ4v) is 6.02. The Hall–Kier alpha value is -2.70. The Labute approximate surface area is 250 Å². The molecular weight excluding hydrogens is 532 g/mol. The lowest BCUT2D eigenvalue weighted by Gasteiger charge is -2.38. The standard InChI is InChI=1S/C34H47ClN4O2/c1-3-4-5-6-7-8-9-10-11-12-13-18-32(40)38-25-23-37(24-26-38)27(2)33-36-31-17-15-14-16-30(31)34(41)39(33)29-21-19-28(35)20-22-29/h14-17,19-22,27H,3-13,18,23-26H2,1-2H3. The molecule has 0 bridgehead atoms. The molecule has 1 amide bonds. The van der Waals surface area contributed by atoms with Crippen molar-refractivity contribution in [1.82, 2.24) is 19.4 Å². The van der Waals surface area contributed by atoms with Crippen LogP contribution < -0.4 is 5.56 Å². The molecule has 0 aliphatic carbocycles. The van der Waals surface area contributed by atoms with Gasteiger partial charge in [0.2, 0.25) is 5.91 Å². The number of fused-ring (bicyclic) bond motifs is 1. The number of aromatic nitrogens is 2. The number of rotatable bonds is 15. The molecule has 1 saturated heterocycles. The maximum atomic E-state index is 13.6. The van der Waals surface area contributed by atoms with E-state index in [1.54, 1.807) is 16.7 Å². The van der Waals surface area contributed by atoms with Crippen molar-refractivity contribution >= 4 is 28.4 Å². The van der Waals surface area contributed by atoms with Gasteiger partial charge in [-0.15, -0.1) is 0 Å². The summed E-state index contributed by atoms with van der Waals surface area (Å²) in [5.41, 5.74) is 1.37. The number of carbonyl (C=O) groups is 1. The number of nitrogens with zero attached hydrogens (tertiary/aromatic N) is 4. The van der Waals surface area contributed by atoms with Crippen LogP contribution in [0.4, 0.5) is 0 Å². The first-order valence-electron chi connectivity index (χ1n) is 15.8. The van der Waals surface area contributed by atoms with Crippen LogP contribution in [0.25, 0.3) is 16.6 Å². The van der Waals surface area contributed by atoms with Crippen LogP contribution in [-0.4, -0.2) is 51.4 Å². The Morgan fingerprint density at radius 1 is 0.829 bits per heavy atom. The van der Waals surface area contributed by atoms with Crippen LogP contribution in [0.2, 0.25) is 5.02 Å². The molecule has 1 aliphatic heterocycles. The Morgan fingerprint density at radius 2 is 1.41 bits per heavy atom. The summed E-state index contributed by atoms with van der Waals surface area (Å²) in [6.07, 6.45) is 14.8. The molecule has 41 heavy (non-hydrogen) atoms. The summed E-state index contributed by atoms with van der Waals surface area (Å²) in [6.45, 7) is 7.30. The van der Waals surface area contributed by atoms with Gasteiger partial charge in [-0.25, -0.2) is 4.98 Å². The van der Waals surface area contributed by atoms with Gasteiger partial charge < -0.3 is 4.90 Å². The number of carbonyl (C=O) groups excluding carboxylic acids is 1. The van der Waals surface area contributed by atoms with E-state index in [0.717, 1.165) is 31.6 Å². The maximum Gasteiger partial charge on any atom is 0.266 e. The Morgan fingerprint density at radius 3 is 2.05 bits per heavy atom. The quantitative estimate of drug-likeness (QED) is 0.172. The molecule has 1 fully saturated rings. The maximum absolute atomic E-state index is 13.6. The van der Waals surface area contributed by atoms with Crippen molar-refractivity contribution in [3.63, 3.8) is 0 Å². The summed E-state index contributed by atoms with van der Waals surface area (Å²) >= 11 is 6.14. The number of unbranched alkanes of at least 4 members (excludes halogenated alkanes) is 10. The monoisotopic (exact) mass is 578 g/mol. The van der Waals surface area contributed by atoms with E-state index in [1.165, 1.54) is 57.8 Å². The summed E-state index contributed by atoms with van der Waals surface area (Å²) in [5.74, 6) is 0.979. The average Bonchev–Trinajstić information content (AvgIpc) is 3.00. The summed E-state index contributed by atoms with van der Waals surface area (Å²) in [5, 5.41) is 1.22. The van der Waals surface area contributed by atoms with Crippen LogP contribution in [-0.2, 0) is 4.79 Å². The summed E-state index contributed by atoms with van der Waals surface area (Å²) in [4.78, 5) is 35.8. The topological polar surface area (TPSA) is 58.4 Å². The van der Waals surface area contributed by atoms with Crippen molar-refractivity contribution in [2.24, 2.45) is 0 Å².